The van der Waals surface area contributed by atoms with Crippen molar-refractivity contribution >= 4 is 17.6 Å². The van der Waals surface area contributed by atoms with Gasteiger partial charge in [0.1, 0.15) is 5.76 Å². The van der Waals surface area contributed by atoms with Crippen LogP contribution in [0, 0.1) is 6.92 Å². The molecule has 0 fully saturated rings. The largest absolute Gasteiger partial charge is 0.467 e. The Bertz CT molecular complexity index is 935. The van der Waals surface area contributed by atoms with Gasteiger partial charge in [0.25, 0.3) is 5.91 Å². The fraction of sp³-hybridized carbons (Fsp3) is 0.182. The molecule has 0 aliphatic heterocycles. The normalized spacial score (nSPS) is 10.3. The third-order valence-corrected chi connectivity index (χ3v) is 4.25. The average Bonchev–Trinajstić information content (AvgIpc) is 3.24. The molecule has 0 spiro atoms. The van der Waals surface area contributed by atoms with E-state index >= 15 is 0 Å². The van der Waals surface area contributed by atoms with Crippen LogP contribution in [0.4, 0.5) is 5.69 Å². The molecule has 2 aromatic carbocycles. The lowest BCUT2D eigenvalue weighted by molar-refractivity contribution is -0.124. The molecule has 3 rings (SSSR count). The number of nitrogens with one attached hydrogen (secondary N) is 2. The highest BCUT2D eigenvalue weighted by molar-refractivity contribution is 5.96. The lowest BCUT2D eigenvalue weighted by Gasteiger charge is -2.11. The van der Waals surface area contributed by atoms with E-state index in [2.05, 4.69) is 10.6 Å². The number of hydrogen-bond donors (Lipinski definition) is 2. The third kappa shape index (κ3) is 5.23. The second kappa shape index (κ2) is 9.41. The monoisotopic (exact) mass is 378 g/mol. The molecule has 144 valence electrons. The van der Waals surface area contributed by atoms with Crippen molar-refractivity contribution in [2.24, 2.45) is 0 Å². The molecule has 0 atom stereocenters. The first kappa shape index (κ1) is 19.2. The zero-order valence-corrected chi connectivity index (χ0v) is 15.6. The number of ether oxygens (including phenoxy) is 1. The van der Waals surface area contributed by atoms with Crippen molar-refractivity contribution in [2.45, 2.75) is 20.0 Å². The minimum absolute atomic E-state index is 0.336. The summed E-state index contributed by atoms with van der Waals surface area (Å²) in [7, 11) is 0. The van der Waals surface area contributed by atoms with E-state index in [1.54, 1.807) is 30.5 Å². The van der Waals surface area contributed by atoms with E-state index in [1.807, 2.05) is 43.3 Å². The van der Waals surface area contributed by atoms with Crippen LogP contribution in [0.15, 0.2) is 71.3 Å². The van der Waals surface area contributed by atoms with Crippen LogP contribution in [0.5, 0.6) is 0 Å². The molecule has 1 amide bonds. The van der Waals surface area contributed by atoms with E-state index in [1.165, 1.54) is 0 Å². The molecule has 0 unspecified atom stereocenters. The maximum absolute atomic E-state index is 12.4. The number of para-hydroxylation sites is 1. The quantitative estimate of drug-likeness (QED) is 0.585. The van der Waals surface area contributed by atoms with Crippen LogP contribution in [0.2, 0.25) is 0 Å². The summed E-state index contributed by atoms with van der Waals surface area (Å²) in [6.07, 6.45) is 1.59. The van der Waals surface area contributed by atoms with Gasteiger partial charge < -0.3 is 19.8 Å². The van der Waals surface area contributed by atoms with Crippen LogP contribution in [0.1, 0.15) is 27.2 Å². The summed E-state index contributed by atoms with van der Waals surface area (Å²) in [6.45, 7) is 2.48. The zero-order chi connectivity index (χ0) is 19.8. The van der Waals surface area contributed by atoms with E-state index in [0.717, 1.165) is 16.9 Å². The molecular formula is C22H22N2O4. The van der Waals surface area contributed by atoms with E-state index in [-0.39, 0.29) is 12.5 Å². The summed E-state index contributed by atoms with van der Waals surface area (Å²) in [5.41, 5.74) is 3.09. The van der Waals surface area contributed by atoms with Crippen LogP contribution in [-0.2, 0) is 22.6 Å². The summed E-state index contributed by atoms with van der Waals surface area (Å²) in [5, 5.41) is 5.90. The molecule has 6 heteroatoms. The molecule has 0 bridgehead atoms. The van der Waals surface area contributed by atoms with Gasteiger partial charge in [-0.25, -0.2) is 4.79 Å². The molecule has 28 heavy (non-hydrogen) atoms. The molecular weight excluding hydrogens is 356 g/mol. The van der Waals surface area contributed by atoms with Crippen molar-refractivity contribution in [2.75, 3.05) is 11.9 Å². The number of rotatable bonds is 8. The Kier molecular flexibility index (Phi) is 6.46. The second-order valence-corrected chi connectivity index (χ2v) is 6.26. The van der Waals surface area contributed by atoms with Crippen molar-refractivity contribution in [3.05, 3.63) is 89.4 Å². The third-order valence-electron chi connectivity index (χ3n) is 4.25. The summed E-state index contributed by atoms with van der Waals surface area (Å²) < 4.78 is 10.4. The first-order valence-electron chi connectivity index (χ1n) is 8.97. The summed E-state index contributed by atoms with van der Waals surface area (Å²) >= 11 is 0. The maximum atomic E-state index is 12.4. The molecule has 0 saturated heterocycles. The maximum Gasteiger partial charge on any atom is 0.340 e. The van der Waals surface area contributed by atoms with E-state index < -0.39 is 5.97 Å². The van der Waals surface area contributed by atoms with Crippen LogP contribution in [-0.4, -0.2) is 18.5 Å². The number of carbonyl (C=O) groups excluding carboxylic acids is 2. The number of aryl methyl sites for hydroxylation is 1. The fourth-order valence-electron chi connectivity index (χ4n) is 2.67. The first-order valence-corrected chi connectivity index (χ1v) is 8.97. The molecule has 0 saturated carbocycles. The van der Waals surface area contributed by atoms with Crippen LogP contribution >= 0.6 is 0 Å². The predicted molar refractivity (Wildman–Crippen MR) is 106 cm³/mol. The van der Waals surface area contributed by atoms with Gasteiger partial charge in [-0.2, -0.15) is 0 Å². The first-order chi connectivity index (χ1) is 13.6. The Morgan fingerprint density at radius 3 is 2.54 bits per heavy atom. The minimum atomic E-state index is -0.561. The van der Waals surface area contributed by atoms with Crippen molar-refractivity contribution in [1.29, 1.82) is 0 Å². The Labute approximate surface area is 163 Å². The Balaban J connectivity index is 1.51. The van der Waals surface area contributed by atoms with Crippen molar-refractivity contribution in [3.8, 4) is 0 Å². The average molecular weight is 378 g/mol. The lowest BCUT2D eigenvalue weighted by Crippen LogP contribution is -2.28. The molecule has 0 radical (unpaired) electrons. The van der Waals surface area contributed by atoms with E-state index in [9.17, 15) is 9.59 Å². The Morgan fingerprint density at radius 2 is 1.75 bits per heavy atom. The number of esters is 1. The summed E-state index contributed by atoms with van der Waals surface area (Å²) in [6, 6.07) is 18.4. The van der Waals surface area contributed by atoms with Gasteiger partial charge in [-0.05, 0) is 42.3 Å². The number of amides is 1. The van der Waals surface area contributed by atoms with Crippen molar-refractivity contribution < 1.29 is 18.7 Å². The number of anilines is 1. The highest BCUT2D eigenvalue weighted by atomic mass is 16.5. The topological polar surface area (TPSA) is 80.6 Å². The number of carbonyl (C=O) groups is 2. The SMILES string of the molecule is Cc1ccccc1CNC(=O)COC(=O)c1ccccc1NCc1ccco1. The van der Waals surface area contributed by atoms with Crippen LogP contribution in [0.25, 0.3) is 0 Å². The highest BCUT2D eigenvalue weighted by Crippen LogP contribution is 2.17. The van der Waals surface area contributed by atoms with Crippen molar-refractivity contribution in [1.82, 2.24) is 5.32 Å². The smallest absolute Gasteiger partial charge is 0.340 e. The van der Waals surface area contributed by atoms with Gasteiger partial charge in [-0.3, -0.25) is 4.79 Å². The Hall–Kier alpha value is -3.54. The van der Waals surface area contributed by atoms with E-state index in [0.29, 0.717) is 24.3 Å². The van der Waals surface area contributed by atoms with Gasteiger partial charge in [0, 0.05) is 12.2 Å². The van der Waals surface area contributed by atoms with Gasteiger partial charge in [0.05, 0.1) is 18.4 Å². The molecule has 1 heterocycles. The van der Waals surface area contributed by atoms with Crippen molar-refractivity contribution in [3.63, 3.8) is 0 Å². The van der Waals surface area contributed by atoms with Gasteiger partial charge in [-0.15, -0.1) is 0 Å². The molecule has 0 aliphatic rings. The molecule has 1 aromatic heterocycles. The molecule has 0 aliphatic carbocycles. The molecule has 2 N–H and O–H groups in total. The van der Waals surface area contributed by atoms with E-state index in [4.69, 9.17) is 9.15 Å². The second-order valence-electron chi connectivity index (χ2n) is 6.26. The van der Waals surface area contributed by atoms with Gasteiger partial charge in [0.2, 0.25) is 0 Å². The minimum Gasteiger partial charge on any atom is -0.467 e. The predicted octanol–water partition coefficient (Wildman–Crippen LogP) is 3.67. The van der Waals surface area contributed by atoms with Gasteiger partial charge in [0.15, 0.2) is 6.61 Å². The molecule has 6 nitrogen and oxygen atoms in total. The lowest BCUT2D eigenvalue weighted by atomic mass is 10.1. The fourth-order valence-corrected chi connectivity index (χ4v) is 2.67. The number of benzene rings is 2. The standard InChI is InChI=1S/C22H22N2O4/c1-16-7-2-3-8-17(16)13-24-21(25)15-28-22(26)19-10-4-5-11-20(19)23-14-18-9-6-12-27-18/h2-12,23H,13-15H2,1H3,(H,24,25). The van der Waals surface area contributed by atoms with Gasteiger partial charge in [-0.1, -0.05) is 36.4 Å². The molecule has 3 aromatic rings. The summed E-state index contributed by atoms with van der Waals surface area (Å²) in [5.74, 6) is -0.162. The summed E-state index contributed by atoms with van der Waals surface area (Å²) in [4.78, 5) is 24.4. The Morgan fingerprint density at radius 1 is 0.964 bits per heavy atom. The number of furan rings is 1. The van der Waals surface area contributed by atoms with Crippen LogP contribution in [0.3, 0.4) is 0 Å². The van der Waals surface area contributed by atoms with Crippen LogP contribution < -0.4 is 10.6 Å². The highest BCUT2D eigenvalue weighted by Gasteiger charge is 2.14. The zero-order valence-electron chi connectivity index (χ0n) is 15.6. The number of hydrogen-bond acceptors (Lipinski definition) is 5. The van der Waals surface area contributed by atoms with Gasteiger partial charge >= 0.3 is 5.97 Å².